The Balaban J connectivity index is -0.000000405. The Morgan fingerprint density at radius 3 is 2.17 bits per heavy atom. The number of unbranched alkanes of at least 4 members (excludes halogenated alkanes) is 1. The first kappa shape index (κ1) is 18.2. The van der Waals surface area contributed by atoms with Gasteiger partial charge in [0.25, 0.3) is 0 Å². The lowest BCUT2D eigenvalue weighted by atomic mass is 10.1. The summed E-state index contributed by atoms with van der Waals surface area (Å²) in [6.07, 6.45) is 2.16. The second-order valence-electron chi connectivity index (χ2n) is 2.23. The van der Waals surface area contributed by atoms with Gasteiger partial charge >= 0.3 is 5.97 Å². The molecule has 0 radical (unpaired) electrons. The van der Waals surface area contributed by atoms with Gasteiger partial charge < -0.3 is 16.6 Å². The molecule has 0 saturated carbocycles. The molecule has 12 heavy (non-hydrogen) atoms. The summed E-state index contributed by atoms with van der Waals surface area (Å²) in [5.41, 5.74) is 10.4. The summed E-state index contributed by atoms with van der Waals surface area (Å²) in [7, 11) is 0. The molecule has 0 aliphatic heterocycles. The summed E-state index contributed by atoms with van der Waals surface area (Å²) in [4.78, 5) is 10.1. The predicted molar refractivity (Wildman–Crippen MR) is 59.2 cm³/mol. The molecule has 0 aliphatic carbocycles. The molecule has 0 unspecified atom stereocenters. The van der Waals surface area contributed by atoms with E-state index in [1.54, 1.807) is 0 Å². The van der Waals surface area contributed by atoms with Crippen LogP contribution >= 0.6 is 34.0 Å². The first-order chi connectivity index (χ1) is 4.68. The molecule has 6 heteroatoms. The molecule has 0 spiro atoms. The second-order valence-corrected chi connectivity index (χ2v) is 2.23. The Hall–Kier alpha value is 0.350. The van der Waals surface area contributed by atoms with E-state index in [2.05, 4.69) is 0 Å². The maximum Gasteiger partial charge on any atom is 0.320 e. The van der Waals surface area contributed by atoms with Crippen molar-refractivity contribution in [2.45, 2.75) is 25.3 Å². The van der Waals surface area contributed by atoms with Gasteiger partial charge in [-0.2, -0.15) is 0 Å². The highest BCUT2D eigenvalue weighted by molar-refractivity contribution is 8.93. The zero-order valence-electron chi connectivity index (χ0n) is 6.73. The van der Waals surface area contributed by atoms with Crippen LogP contribution in [-0.2, 0) is 4.79 Å². The van der Waals surface area contributed by atoms with Crippen LogP contribution in [-0.4, -0.2) is 23.7 Å². The molecule has 0 aromatic heterocycles. The molecule has 4 nitrogen and oxygen atoms in total. The number of carboxylic acids is 1. The van der Waals surface area contributed by atoms with Crippen LogP contribution in [0.25, 0.3) is 0 Å². The lowest BCUT2D eigenvalue weighted by Crippen LogP contribution is -2.29. The van der Waals surface area contributed by atoms with Gasteiger partial charge in [0.15, 0.2) is 0 Å². The number of hydrogen-bond acceptors (Lipinski definition) is 3. The van der Waals surface area contributed by atoms with E-state index in [0.717, 1.165) is 12.8 Å². The minimum atomic E-state index is -0.933. The minimum absolute atomic E-state index is 0. The van der Waals surface area contributed by atoms with Gasteiger partial charge in [0.05, 0.1) is 0 Å². The Labute approximate surface area is 93.2 Å². The largest absolute Gasteiger partial charge is 0.480 e. The van der Waals surface area contributed by atoms with Gasteiger partial charge in [0.2, 0.25) is 0 Å². The molecule has 0 saturated heterocycles. The zero-order valence-corrected chi connectivity index (χ0v) is 10.2. The molecule has 1 atom stereocenters. The Morgan fingerprint density at radius 2 is 1.83 bits per heavy atom. The van der Waals surface area contributed by atoms with E-state index in [4.69, 9.17) is 16.6 Å². The van der Waals surface area contributed by atoms with E-state index in [9.17, 15) is 4.79 Å². The van der Waals surface area contributed by atoms with Crippen LogP contribution in [0.3, 0.4) is 0 Å². The standard InChI is InChI=1S/C6H14N2O2.2BrH/c7-4-2-1-3-5(8)6(9)10;;/h5H,1-4,7-8H2,(H,9,10);2*1H/t5-;;/m0../s1. The third kappa shape index (κ3) is 10.3. The summed E-state index contributed by atoms with van der Waals surface area (Å²) < 4.78 is 0. The van der Waals surface area contributed by atoms with E-state index in [1.807, 2.05) is 0 Å². The van der Waals surface area contributed by atoms with Crippen LogP contribution < -0.4 is 11.5 Å². The van der Waals surface area contributed by atoms with Gasteiger partial charge in [0, 0.05) is 0 Å². The summed E-state index contributed by atoms with van der Waals surface area (Å²) in [5, 5.41) is 8.33. The van der Waals surface area contributed by atoms with Crippen molar-refractivity contribution >= 4 is 39.9 Å². The van der Waals surface area contributed by atoms with Gasteiger partial charge in [-0.3, -0.25) is 4.79 Å². The molecule has 5 N–H and O–H groups in total. The molecule has 76 valence electrons. The number of hydrogen-bond donors (Lipinski definition) is 3. The van der Waals surface area contributed by atoms with Crippen LogP contribution in [0.5, 0.6) is 0 Å². The maximum absolute atomic E-state index is 10.1. The van der Waals surface area contributed by atoms with E-state index in [-0.39, 0.29) is 34.0 Å². The van der Waals surface area contributed by atoms with Crippen molar-refractivity contribution in [2.24, 2.45) is 11.5 Å². The van der Waals surface area contributed by atoms with E-state index in [1.165, 1.54) is 0 Å². The van der Waals surface area contributed by atoms with Crippen LogP contribution in [0, 0.1) is 0 Å². The van der Waals surface area contributed by atoms with Crippen molar-refractivity contribution in [2.75, 3.05) is 6.54 Å². The number of carbonyl (C=O) groups is 1. The van der Waals surface area contributed by atoms with Crippen molar-refractivity contribution in [3.05, 3.63) is 0 Å². The monoisotopic (exact) mass is 306 g/mol. The smallest absolute Gasteiger partial charge is 0.320 e. The highest BCUT2D eigenvalue weighted by Gasteiger charge is 2.09. The number of rotatable bonds is 5. The fraction of sp³-hybridized carbons (Fsp3) is 0.833. The Bertz CT molecular complexity index is 114. The van der Waals surface area contributed by atoms with Crippen molar-refractivity contribution in [3.8, 4) is 0 Å². The number of carboxylic acid groups (broad SMARTS) is 1. The van der Waals surface area contributed by atoms with Crippen LogP contribution in [0.15, 0.2) is 0 Å². The van der Waals surface area contributed by atoms with Crippen LogP contribution in [0.4, 0.5) is 0 Å². The quantitative estimate of drug-likeness (QED) is 0.652. The molecule has 0 heterocycles. The molecule has 0 aromatic carbocycles. The van der Waals surface area contributed by atoms with Gasteiger partial charge in [-0.15, -0.1) is 34.0 Å². The highest BCUT2D eigenvalue weighted by Crippen LogP contribution is 1.96. The van der Waals surface area contributed by atoms with Crippen LogP contribution in [0.2, 0.25) is 0 Å². The summed E-state index contributed by atoms with van der Waals surface area (Å²) in [6.45, 7) is 0.604. The fourth-order valence-electron chi connectivity index (χ4n) is 0.632. The third-order valence-electron chi connectivity index (χ3n) is 1.29. The minimum Gasteiger partial charge on any atom is -0.480 e. The van der Waals surface area contributed by atoms with Crippen LogP contribution in [0.1, 0.15) is 19.3 Å². The topological polar surface area (TPSA) is 89.3 Å². The van der Waals surface area contributed by atoms with Crippen molar-refractivity contribution in [3.63, 3.8) is 0 Å². The summed E-state index contributed by atoms with van der Waals surface area (Å²) in [5.74, 6) is -0.933. The van der Waals surface area contributed by atoms with Gasteiger partial charge in [-0.25, -0.2) is 0 Å². The Morgan fingerprint density at radius 1 is 1.33 bits per heavy atom. The fourth-order valence-corrected chi connectivity index (χ4v) is 0.632. The predicted octanol–water partition coefficient (Wildman–Crippen LogP) is 0.683. The van der Waals surface area contributed by atoms with E-state index < -0.39 is 12.0 Å². The molecule has 0 aliphatic rings. The third-order valence-corrected chi connectivity index (χ3v) is 1.29. The van der Waals surface area contributed by atoms with Gasteiger partial charge in [0.1, 0.15) is 6.04 Å². The normalized spacial score (nSPS) is 10.8. The first-order valence-electron chi connectivity index (χ1n) is 3.37. The number of halogens is 2. The van der Waals surface area contributed by atoms with E-state index >= 15 is 0 Å². The zero-order chi connectivity index (χ0) is 7.98. The molecule has 0 bridgehead atoms. The highest BCUT2D eigenvalue weighted by atomic mass is 79.9. The van der Waals surface area contributed by atoms with Crippen molar-refractivity contribution < 1.29 is 9.90 Å². The molecular weight excluding hydrogens is 292 g/mol. The Kier molecular flexibility index (Phi) is 17.2. The molecule has 0 rings (SSSR count). The summed E-state index contributed by atoms with van der Waals surface area (Å²) >= 11 is 0. The van der Waals surface area contributed by atoms with Crippen molar-refractivity contribution in [1.29, 1.82) is 0 Å². The molecule has 0 fully saturated rings. The van der Waals surface area contributed by atoms with Gasteiger partial charge in [-0.1, -0.05) is 6.42 Å². The first-order valence-corrected chi connectivity index (χ1v) is 3.37. The lowest BCUT2D eigenvalue weighted by Gasteiger charge is -2.03. The molecule has 0 amide bonds. The average molecular weight is 308 g/mol. The van der Waals surface area contributed by atoms with E-state index in [0.29, 0.717) is 13.0 Å². The SMILES string of the molecule is Br.Br.NCCCC[C@H](N)C(=O)O. The average Bonchev–Trinajstić information content (AvgIpc) is 1.88. The number of nitrogens with two attached hydrogens (primary N) is 2. The number of aliphatic carboxylic acids is 1. The maximum atomic E-state index is 10.1. The molecular formula is C6H16Br2N2O2. The molecule has 0 aromatic rings. The van der Waals surface area contributed by atoms with Crippen molar-refractivity contribution in [1.82, 2.24) is 0 Å². The van der Waals surface area contributed by atoms with Gasteiger partial charge in [-0.05, 0) is 19.4 Å². The summed E-state index contributed by atoms with van der Waals surface area (Å²) in [6, 6.07) is -0.716. The lowest BCUT2D eigenvalue weighted by molar-refractivity contribution is -0.138. The second kappa shape index (κ2) is 11.4.